The maximum atomic E-state index is 13.9. The summed E-state index contributed by atoms with van der Waals surface area (Å²) in [5, 5.41) is 2.97. The van der Waals surface area contributed by atoms with E-state index in [9.17, 15) is 13.6 Å². The summed E-state index contributed by atoms with van der Waals surface area (Å²) in [4.78, 5) is 18.9. The standard InChI is InChI=1S/C24H25F2N3O3/c25-18-7-5-17(6-8-18)21(29-11-13-31-14-12-29)15-27-23(30)9-10-24-28-16-22(32-24)19-3-1-2-4-20(19)26/h1-8,16,21H,9-15H2,(H,27,30)/t21-/m0/s1. The van der Waals surface area contributed by atoms with Crippen LogP contribution in [0.3, 0.4) is 0 Å². The first-order chi connectivity index (χ1) is 15.6. The molecule has 1 aliphatic heterocycles. The Hall–Kier alpha value is -3.10. The van der Waals surface area contributed by atoms with Crippen molar-refractivity contribution in [3.63, 3.8) is 0 Å². The minimum Gasteiger partial charge on any atom is -0.441 e. The zero-order valence-electron chi connectivity index (χ0n) is 17.6. The van der Waals surface area contributed by atoms with Gasteiger partial charge in [0.2, 0.25) is 5.91 Å². The van der Waals surface area contributed by atoms with Crippen LogP contribution in [0.4, 0.5) is 8.78 Å². The summed E-state index contributed by atoms with van der Waals surface area (Å²) < 4.78 is 38.3. The second-order valence-corrected chi connectivity index (χ2v) is 7.62. The Labute approximate surface area is 185 Å². The van der Waals surface area contributed by atoms with Crippen molar-refractivity contribution in [3.8, 4) is 11.3 Å². The van der Waals surface area contributed by atoms with Crippen molar-refractivity contribution in [2.75, 3.05) is 32.8 Å². The van der Waals surface area contributed by atoms with Crippen LogP contribution in [0.25, 0.3) is 11.3 Å². The number of rotatable bonds is 8. The Morgan fingerprint density at radius 3 is 2.59 bits per heavy atom. The third-order valence-corrected chi connectivity index (χ3v) is 5.49. The third-order valence-electron chi connectivity index (χ3n) is 5.49. The quantitative estimate of drug-likeness (QED) is 0.577. The van der Waals surface area contributed by atoms with Crippen LogP contribution in [0.5, 0.6) is 0 Å². The Kier molecular flexibility index (Phi) is 7.24. The minimum atomic E-state index is -0.386. The van der Waals surface area contributed by atoms with E-state index >= 15 is 0 Å². The van der Waals surface area contributed by atoms with Gasteiger partial charge >= 0.3 is 0 Å². The monoisotopic (exact) mass is 441 g/mol. The van der Waals surface area contributed by atoms with Crippen molar-refractivity contribution >= 4 is 5.91 Å². The summed E-state index contributed by atoms with van der Waals surface area (Å²) in [7, 11) is 0. The SMILES string of the molecule is O=C(CCc1ncc(-c2ccccc2F)o1)NC[C@@H](c1ccc(F)cc1)N1CCOCC1. The number of aromatic nitrogens is 1. The molecule has 0 spiro atoms. The van der Waals surface area contributed by atoms with Crippen LogP contribution < -0.4 is 5.32 Å². The van der Waals surface area contributed by atoms with Gasteiger partial charge in [-0.15, -0.1) is 0 Å². The molecule has 0 radical (unpaired) electrons. The largest absolute Gasteiger partial charge is 0.441 e. The van der Waals surface area contributed by atoms with Crippen molar-refractivity contribution in [1.82, 2.24) is 15.2 Å². The van der Waals surface area contributed by atoms with Crippen LogP contribution in [0.2, 0.25) is 0 Å². The number of nitrogens with zero attached hydrogens (tertiary/aromatic N) is 2. The van der Waals surface area contributed by atoms with E-state index in [1.165, 1.54) is 24.4 Å². The van der Waals surface area contributed by atoms with E-state index in [1.807, 2.05) is 0 Å². The molecule has 1 atom stereocenters. The first-order valence-electron chi connectivity index (χ1n) is 10.6. The molecule has 1 N–H and O–H groups in total. The van der Waals surface area contributed by atoms with Gasteiger partial charge in [0, 0.05) is 32.5 Å². The summed E-state index contributed by atoms with van der Waals surface area (Å²) in [6.45, 7) is 3.14. The van der Waals surface area contributed by atoms with Gasteiger partial charge < -0.3 is 14.5 Å². The maximum absolute atomic E-state index is 13.9. The Morgan fingerprint density at radius 1 is 1.09 bits per heavy atom. The smallest absolute Gasteiger partial charge is 0.220 e. The fourth-order valence-electron chi connectivity index (χ4n) is 3.76. The number of benzene rings is 2. The number of ether oxygens (including phenoxy) is 1. The predicted octanol–water partition coefficient (Wildman–Crippen LogP) is 3.74. The fraction of sp³-hybridized carbons (Fsp3) is 0.333. The van der Waals surface area contributed by atoms with Crippen LogP contribution in [0.15, 0.2) is 59.1 Å². The van der Waals surface area contributed by atoms with Crippen LogP contribution in [0, 0.1) is 11.6 Å². The van der Waals surface area contributed by atoms with Gasteiger partial charge in [0.05, 0.1) is 31.0 Å². The summed E-state index contributed by atoms with van der Waals surface area (Å²) in [5.74, 6) is -0.109. The van der Waals surface area contributed by atoms with Gasteiger partial charge in [-0.1, -0.05) is 24.3 Å². The highest BCUT2D eigenvalue weighted by molar-refractivity contribution is 5.76. The molecule has 32 heavy (non-hydrogen) atoms. The Balaban J connectivity index is 1.33. The highest BCUT2D eigenvalue weighted by Crippen LogP contribution is 2.24. The normalized spacial score (nSPS) is 15.4. The van der Waals surface area contributed by atoms with Gasteiger partial charge in [-0.25, -0.2) is 13.8 Å². The molecule has 1 amide bonds. The number of morpholine rings is 1. The average Bonchev–Trinajstić information content (AvgIpc) is 3.29. The lowest BCUT2D eigenvalue weighted by molar-refractivity contribution is -0.121. The molecule has 3 aromatic rings. The number of carbonyl (C=O) groups is 1. The Bertz CT molecular complexity index is 1030. The minimum absolute atomic E-state index is 0.0714. The highest BCUT2D eigenvalue weighted by Gasteiger charge is 2.23. The molecule has 8 heteroatoms. The number of nitrogens with one attached hydrogen (secondary N) is 1. The van der Waals surface area contributed by atoms with E-state index in [2.05, 4.69) is 15.2 Å². The third kappa shape index (κ3) is 5.57. The van der Waals surface area contributed by atoms with Gasteiger partial charge in [0.15, 0.2) is 11.7 Å². The molecule has 168 valence electrons. The van der Waals surface area contributed by atoms with E-state index in [-0.39, 0.29) is 30.0 Å². The van der Waals surface area contributed by atoms with E-state index in [1.54, 1.807) is 30.3 Å². The summed E-state index contributed by atoms with van der Waals surface area (Å²) in [6, 6.07) is 12.6. The van der Waals surface area contributed by atoms with E-state index in [0.717, 1.165) is 18.7 Å². The number of carbonyl (C=O) groups excluding carboxylic acids is 1. The van der Waals surface area contributed by atoms with E-state index < -0.39 is 0 Å². The molecular weight excluding hydrogens is 416 g/mol. The first-order valence-corrected chi connectivity index (χ1v) is 10.6. The van der Waals surface area contributed by atoms with Crippen LogP contribution in [0.1, 0.15) is 23.9 Å². The van der Waals surface area contributed by atoms with Gasteiger partial charge in [0.25, 0.3) is 0 Å². The lowest BCUT2D eigenvalue weighted by Gasteiger charge is -2.35. The van der Waals surface area contributed by atoms with Gasteiger partial charge in [-0.05, 0) is 29.8 Å². The molecule has 0 saturated carbocycles. The molecule has 4 rings (SSSR count). The van der Waals surface area contributed by atoms with Gasteiger partial charge in [0.1, 0.15) is 11.6 Å². The van der Waals surface area contributed by atoms with Gasteiger partial charge in [-0.2, -0.15) is 0 Å². The Morgan fingerprint density at radius 2 is 1.84 bits per heavy atom. The molecule has 1 aromatic heterocycles. The molecule has 0 unspecified atom stereocenters. The van der Waals surface area contributed by atoms with Crippen molar-refractivity contribution in [2.24, 2.45) is 0 Å². The molecule has 2 aromatic carbocycles. The van der Waals surface area contributed by atoms with Crippen LogP contribution in [-0.2, 0) is 16.0 Å². The van der Waals surface area contributed by atoms with Crippen LogP contribution in [-0.4, -0.2) is 48.6 Å². The highest BCUT2D eigenvalue weighted by atomic mass is 19.1. The van der Waals surface area contributed by atoms with Crippen molar-refractivity contribution in [1.29, 1.82) is 0 Å². The molecule has 0 aliphatic carbocycles. The number of aryl methyl sites for hydroxylation is 1. The fourth-order valence-corrected chi connectivity index (χ4v) is 3.76. The number of amides is 1. The molecule has 0 bridgehead atoms. The number of hydrogen-bond acceptors (Lipinski definition) is 5. The summed E-state index contributed by atoms with van der Waals surface area (Å²) >= 11 is 0. The maximum Gasteiger partial charge on any atom is 0.220 e. The second-order valence-electron chi connectivity index (χ2n) is 7.62. The second kappa shape index (κ2) is 10.5. The number of hydrogen-bond donors (Lipinski definition) is 1. The zero-order valence-corrected chi connectivity index (χ0v) is 17.6. The lowest BCUT2D eigenvalue weighted by Crippen LogP contribution is -2.43. The molecule has 2 heterocycles. The first kappa shape index (κ1) is 22.1. The average molecular weight is 441 g/mol. The molecule has 1 saturated heterocycles. The predicted molar refractivity (Wildman–Crippen MR) is 115 cm³/mol. The summed E-state index contributed by atoms with van der Waals surface area (Å²) in [5.41, 5.74) is 1.28. The van der Waals surface area contributed by atoms with E-state index in [0.29, 0.717) is 43.4 Å². The number of halogens is 2. The molecular formula is C24H25F2N3O3. The van der Waals surface area contributed by atoms with Gasteiger partial charge in [-0.3, -0.25) is 9.69 Å². The van der Waals surface area contributed by atoms with Crippen molar-refractivity contribution in [2.45, 2.75) is 18.9 Å². The van der Waals surface area contributed by atoms with Crippen LogP contribution >= 0.6 is 0 Å². The summed E-state index contributed by atoms with van der Waals surface area (Å²) in [6.07, 6.45) is 1.96. The van der Waals surface area contributed by atoms with Crippen molar-refractivity contribution < 1.29 is 22.7 Å². The van der Waals surface area contributed by atoms with E-state index in [4.69, 9.17) is 9.15 Å². The molecule has 1 aliphatic rings. The number of oxazole rings is 1. The van der Waals surface area contributed by atoms with Crippen molar-refractivity contribution in [3.05, 3.63) is 77.8 Å². The topological polar surface area (TPSA) is 67.6 Å². The zero-order chi connectivity index (χ0) is 22.3. The lowest BCUT2D eigenvalue weighted by atomic mass is 10.0. The molecule has 6 nitrogen and oxygen atoms in total. The molecule has 1 fully saturated rings.